The van der Waals surface area contributed by atoms with Crippen molar-refractivity contribution in [2.24, 2.45) is 0 Å². The summed E-state index contributed by atoms with van der Waals surface area (Å²) in [5.74, 6) is 2.71. The summed E-state index contributed by atoms with van der Waals surface area (Å²) in [5, 5.41) is 0. The van der Waals surface area contributed by atoms with Crippen LogP contribution in [0.3, 0.4) is 0 Å². The molecule has 0 aromatic heterocycles. The summed E-state index contributed by atoms with van der Waals surface area (Å²) in [7, 11) is 3.15. The third-order valence-corrected chi connectivity index (χ3v) is 6.60. The summed E-state index contributed by atoms with van der Waals surface area (Å²) in [5.41, 5.74) is 2.03. The molecule has 0 spiro atoms. The third-order valence-electron chi connectivity index (χ3n) is 6.60. The highest BCUT2D eigenvalue weighted by atomic mass is 16.6. The van der Waals surface area contributed by atoms with Gasteiger partial charge in [-0.25, -0.2) is 0 Å². The standard InChI is InChI=1S/C23H22O7/c1-23(10-28-23)19-7-13-14(29-19)5-4-11-21(24)20-12-6-16(25-2)17(26-3)8-15(12)27-9-18(20)30-22(11)13/h4-6,8,18-20H,7,9-10H2,1-3H3/t18?,19-,20?,23+/m1/s1. The van der Waals surface area contributed by atoms with Crippen molar-refractivity contribution in [2.45, 2.75) is 37.1 Å². The molecule has 156 valence electrons. The molecule has 0 N–H and O–H groups in total. The van der Waals surface area contributed by atoms with Crippen molar-refractivity contribution in [1.29, 1.82) is 0 Å². The lowest BCUT2D eigenvalue weighted by atomic mass is 9.81. The van der Waals surface area contributed by atoms with Crippen molar-refractivity contribution in [3.05, 3.63) is 41.0 Å². The summed E-state index contributed by atoms with van der Waals surface area (Å²) >= 11 is 0. The molecule has 2 aromatic rings. The van der Waals surface area contributed by atoms with Gasteiger partial charge in [0.15, 0.2) is 17.3 Å². The number of carbonyl (C=O) groups excluding carboxylic acids is 1. The monoisotopic (exact) mass is 410 g/mol. The lowest BCUT2D eigenvalue weighted by molar-refractivity contribution is 0.0554. The highest BCUT2D eigenvalue weighted by Gasteiger charge is 2.53. The Morgan fingerprint density at radius 1 is 1.07 bits per heavy atom. The van der Waals surface area contributed by atoms with Gasteiger partial charge >= 0.3 is 0 Å². The number of ketones is 1. The van der Waals surface area contributed by atoms with Crippen LogP contribution in [0.1, 0.15) is 34.3 Å². The van der Waals surface area contributed by atoms with Crippen LogP contribution in [-0.2, 0) is 11.2 Å². The fourth-order valence-corrected chi connectivity index (χ4v) is 4.71. The number of rotatable bonds is 3. The molecule has 0 aliphatic carbocycles. The number of carbonyl (C=O) groups is 1. The molecule has 30 heavy (non-hydrogen) atoms. The van der Waals surface area contributed by atoms with Crippen LogP contribution in [0.5, 0.6) is 28.7 Å². The molecular weight excluding hydrogens is 388 g/mol. The number of Topliss-reactive ketones (excluding diaryl/α,β-unsaturated/α-hetero) is 1. The molecule has 4 aliphatic rings. The number of fused-ring (bicyclic) bond motifs is 6. The molecule has 0 radical (unpaired) electrons. The molecule has 0 saturated carbocycles. The molecule has 7 heteroatoms. The van der Waals surface area contributed by atoms with Crippen LogP contribution in [-0.4, -0.2) is 51.0 Å². The fraction of sp³-hybridized carbons (Fsp3) is 0.435. The Kier molecular flexibility index (Phi) is 3.60. The normalized spacial score (nSPS) is 30.0. The second-order valence-electron chi connectivity index (χ2n) is 8.39. The first-order valence-corrected chi connectivity index (χ1v) is 10.1. The number of ether oxygens (including phenoxy) is 6. The van der Waals surface area contributed by atoms with Crippen LogP contribution >= 0.6 is 0 Å². The van der Waals surface area contributed by atoms with E-state index < -0.39 is 12.0 Å². The Morgan fingerprint density at radius 3 is 2.57 bits per heavy atom. The van der Waals surface area contributed by atoms with Crippen molar-refractivity contribution in [1.82, 2.24) is 0 Å². The lowest BCUT2D eigenvalue weighted by Crippen LogP contribution is -2.43. The van der Waals surface area contributed by atoms with E-state index >= 15 is 0 Å². The van der Waals surface area contributed by atoms with Gasteiger partial charge in [-0.15, -0.1) is 0 Å². The van der Waals surface area contributed by atoms with E-state index in [2.05, 4.69) is 0 Å². The Labute approximate surface area is 173 Å². The van der Waals surface area contributed by atoms with Crippen molar-refractivity contribution < 1.29 is 33.2 Å². The Morgan fingerprint density at radius 2 is 1.83 bits per heavy atom. The molecule has 0 bridgehead atoms. The van der Waals surface area contributed by atoms with Gasteiger partial charge in [-0.1, -0.05) is 0 Å². The van der Waals surface area contributed by atoms with Crippen LogP contribution in [0.25, 0.3) is 0 Å². The molecule has 2 unspecified atom stereocenters. The minimum atomic E-state index is -0.457. The first-order chi connectivity index (χ1) is 14.5. The van der Waals surface area contributed by atoms with E-state index in [0.717, 1.165) is 16.9 Å². The van der Waals surface area contributed by atoms with Crippen LogP contribution in [0, 0.1) is 0 Å². The Hall–Kier alpha value is -2.93. The molecule has 2 aromatic carbocycles. The van der Waals surface area contributed by atoms with Gasteiger partial charge in [0.2, 0.25) is 0 Å². The summed E-state index contributed by atoms with van der Waals surface area (Å²) in [6, 6.07) is 7.26. The zero-order chi connectivity index (χ0) is 20.6. The predicted molar refractivity (Wildman–Crippen MR) is 105 cm³/mol. The summed E-state index contributed by atoms with van der Waals surface area (Å²) in [6.45, 7) is 3.02. The number of epoxide rings is 1. The van der Waals surface area contributed by atoms with E-state index in [4.69, 9.17) is 28.4 Å². The molecule has 1 saturated heterocycles. The summed E-state index contributed by atoms with van der Waals surface area (Å²) in [6.07, 6.45) is 0.201. The van der Waals surface area contributed by atoms with Crippen LogP contribution < -0.4 is 23.7 Å². The topological polar surface area (TPSA) is 75.8 Å². The third kappa shape index (κ3) is 2.38. The fourth-order valence-electron chi connectivity index (χ4n) is 4.71. The minimum absolute atomic E-state index is 0.0261. The van der Waals surface area contributed by atoms with E-state index in [0.29, 0.717) is 41.6 Å². The molecule has 4 atom stereocenters. The highest BCUT2D eigenvalue weighted by molar-refractivity contribution is 6.06. The maximum absolute atomic E-state index is 13.6. The molecule has 4 heterocycles. The van der Waals surface area contributed by atoms with E-state index in [1.54, 1.807) is 26.4 Å². The zero-order valence-corrected chi connectivity index (χ0v) is 17.0. The average molecular weight is 410 g/mol. The van der Waals surface area contributed by atoms with Crippen molar-refractivity contribution >= 4 is 5.78 Å². The van der Waals surface area contributed by atoms with Crippen molar-refractivity contribution in [3.63, 3.8) is 0 Å². The number of methoxy groups -OCH3 is 2. The quantitative estimate of drug-likeness (QED) is 0.720. The minimum Gasteiger partial charge on any atom is -0.493 e. The molecule has 7 nitrogen and oxygen atoms in total. The van der Waals surface area contributed by atoms with E-state index in [-0.39, 0.29) is 24.1 Å². The second kappa shape index (κ2) is 6.04. The number of hydrogen-bond acceptors (Lipinski definition) is 7. The molecule has 4 aliphatic heterocycles. The largest absolute Gasteiger partial charge is 0.493 e. The maximum atomic E-state index is 13.6. The van der Waals surface area contributed by atoms with Gasteiger partial charge in [0.05, 0.1) is 32.3 Å². The SMILES string of the molecule is COc1cc2c(cc1OC)C1C(=O)c3ccc4c(c3OC1CO2)C[C@H]([C@]1(C)CO1)O4. The van der Waals surface area contributed by atoms with Gasteiger partial charge in [-0.3, -0.25) is 4.79 Å². The van der Waals surface area contributed by atoms with Crippen LogP contribution in [0.4, 0.5) is 0 Å². The van der Waals surface area contributed by atoms with Crippen LogP contribution in [0.15, 0.2) is 24.3 Å². The smallest absolute Gasteiger partial charge is 0.178 e. The van der Waals surface area contributed by atoms with Crippen molar-refractivity contribution in [3.8, 4) is 28.7 Å². The summed E-state index contributed by atoms with van der Waals surface area (Å²) in [4.78, 5) is 13.6. The second-order valence-corrected chi connectivity index (χ2v) is 8.39. The molecule has 1 fully saturated rings. The molecule has 6 rings (SSSR count). The van der Waals surface area contributed by atoms with Gasteiger partial charge in [-0.2, -0.15) is 0 Å². The summed E-state index contributed by atoms with van der Waals surface area (Å²) < 4.78 is 34.8. The van der Waals surface area contributed by atoms with Gasteiger partial charge in [0.25, 0.3) is 0 Å². The predicted octanol–water partition coefficient (Wildman–Crippen LogP) is 2.92. The Balaban J connectivity index is 1.41. The lowest BCUT2D eigenvalue weighted by Gasteiger charge is -2.37. The van der Waals surface area contributed by atoms with Crippen molar-refractivity contribution in [2.75, 3.05) is 27.4 Å². The maximum Gasteiger partial charge on any atom is 0.178 e. The zero-order valence-electron chi connectivity index (χ0n) is 17.0. The highest BCUT2D eigenvalue weighted by Crippen LogP contribution is 2.51. The molecule has 0 amide bonds. The first-order valence-electron chi connectivity index (χ1n) is 10.1. The van der Waals surface area contributed by atoms with E-state index in [1.165, 1.54) is 0 Å². The average Bonchev–Trinajstić information content (AvgIpc) is 3.35. The first kappa shape index (κ1) is 17.9. The van der Waals surface area contributed by atoms with Crippen LogP contribution in [0.2, 0.25) is 0 Å². The van der Waals surface area contributed by atoms with Gasteiger partial charge in [0.1, 0.15) is 41.7 Å². The molecular formula is C23H22O7. The number of hydrogen-bond donors (Lipinski definition) is 0. The van der Waals surface area contributed by atoms with Gasteiger partial charge < -0.3 is 28.4 Å². The Bertz CT molecular complexity index is 1070. The van der Waals surface area contributed by atoms with E-state index in [1.807, 2.05) is 19.1 Å². The van der Waals surface area contributed by atoms with E-state index in [9.17, 15) is 4.79 Å². The van der Waals surface area contributed by atoms with Gasteiger partial charge in [0, 0.05) is 23.6 Å². The van der Waals surface area contributed by atoms with Gasteiger partial charge in [-0.05, 0) is 25.1 Å². The number of benzene rings is 2.